The number of amides is 3. The summed E-state index contributed by atoms with van der Waals surface area (Å²) in [6, 6.07) is 20.2. The maximum Gasteiger partial charge on any atom is 0.293 e. The van der Waals surface area contributed by atoms with Crippen LogP contribution in [-0.4, -0.2) is 91.3 Å². The summed E-state index contributed by atoms with van der Waals surface area (Å²) in [5.41, 5.74) is 9.61. The number of nitrogens with one attached hydrogen (secondary N) is 3. The van der Waals surface area contributed by atoms with Gasteiger partial charge in [-0.1, -0.05) is 63.2 Å². The van der Waals surface area contributed by atoms with E-state index in [0.717, 1.165) is 83.7 Å². The summed E-state index contributed by atoms with van der Waals surface area (Å²) in [5, 5.41) is 27.9. The Morgan fingerprint density at radius 1 is 0.951 bits per heavy atom. The topological polar surface area (TPSA) is 195 Å². The fourth-order valence-electron chi connectivity index (χ4n) is 7.84. The van der Waals surface area contributed by atoms with Gasteiger partial charge in [0.2, 0.25) is 18.2 Å². The maximum absolute atomic E-state index is 13.0. The second kappa shape index (κ2) is 18.5. The summed E-state index contributed by atoms with van der Waals surface area (Å²) in [5.74, 6) is -0.200. The van der Waals surface area contributed by atoms with Crippen molar-refractivity contribution in [3.8, 4) is 22.4 Å². The quantitative estimate of drug-likeness (QED) is 0.0861. The van der Waals surface area contributed by atoms with Gasteiger partial charge in [0.1, 0.15) is 5.69 Å². The maximum atomic E-state index is 13.0. The molecule has 15 nitrogen and oxygen atoms in total. The van der Waals surface area contributed by atoms with Crippen LogP contribution in [0.1, 0.15) is 104 Å². The Morgan fingerprint density at radius 3 is 2.38 bits per heavy atom. The number of nitrogens with zero attached hydrogens (tertiary/aromatic N) is 7. The van der Waals surface area contributed by atoms with Gasteiger partial charge in [-0.05, 0) is 78.8 Å². The second-order valence-electron chi connectivity index (χ2n) is 16.9. The molecule has 0 radical (unpaired) electrons. The van der Waals surface area contributed by atoms with Crippen molar-refractivity contribution in [1.29, 1.82) is 0 Å². The number of piperazine rings is 1. The molecule has 15 heteroatoms. The van der Waals surface area contributed by atoms with E-state index in [1.165, 1.54) is 5.69 Å². The van der Waals surface area contributed by atoms with Crippen LogP contribution in [-0.2, 0) is 28.0 Å². The molecule has 4 aromatic heterocycles. The molecular weight excluding hydrogens is 773 g/mol. The normalized spacial score (nSPS) is 14.5. The van der Waals surface area contributed by atoms with E-state index in [-0.39, 0.29) is 29.7 Å². The van der Waals surface area contributed by atoms with Crippen LogP contribution < -0.4 is 15.5 Å². The van der Waals surface area contributed by atoms with Gasteiger partial charge < -0.3 is 19.8 Å². The van der Waals surface area contributed by atoms with E-state index in [1.54, 1.807) is 0 Å². The number of benzene rings is 2. The fourth-order valence-corrected chi connectivity index (χ4v) is 7.84. The van der Waals surface area contributed by atoms with E-state index >= 15 is 0 Å². The summed E-state index contributed by atoms with van der Waals surface area (Å²) in [6.45, 7) is 16.3. The average Bonchev–Trinajstić information content (AvgIpc) is 3.94. The lowest BCUT2D eigenvalue weighted by Crippen LogP contribution is -2.47. The third-order valence-electron chi connectivity index (χ3n) is 11.4. The third kappa shape index (κ3) is 10.0. The van der Waals surface area contributed by atoms with Gasteiger partial charge in [-0.15, -0.1) is 0 Å². The number of carbonyl (C=O) groups excluding carboxylic acids is 3. The van der Waals surface area contributed by atoms with Gasteiger partial charge in [-0.2, -0.15) is 10.1 Å². The van der Waals surface area contributed by atoms with Crippen LogP contribution in [0.2, 0.25) is 0 Å². The van der Waals surface area contributed by atoms with Gasteiger partial charge in [0, 0.05) is 90.8 Å². The second-order valence-corrected chi connectivity index (χ2v) is 16.9. The van der Waals surface area contributed by atoms with Crippen LogP contribution in [0.25, 0.3) is 33.4 Å². The molecule has 3 amide bonds. The molecule has 6 aromatic rings. The Labute approximate surface area is 355 Å². The summed E-state index contributed by atoms with van der Waals surface area (Å²) >= 11 is 0. The zero-order chi connectivity index (χ0) is 43.3. The fraction of sp³-hybridized carbons (Fsp3) is 0.391. The van der Waals surface area contributed by atoms with Crippen molar-refractivity contribution in [3.05, 3.63) is 107 Å². The largest absolute Gasteiger partial charge is 0.392 e. The molecule has 2 aromatic carbocycles. The van der Waals surface area contributed by atoms with Gasteiger partial charge >= 0.3 is 0 Å². The zero-order valence-electron chi connectivity index (χ0n) is 35.7. The van der Waals surface area contributed by atoms with Gasteiger partial charge in [0.25, 0.3) is 11.7 Å². The molecule has 61 heavy (non-hydrogen) atoms. The number of hydrogen-bond donors (Lipinski definition) is 4. The molecule has 1 aliphatic rings. The number of aliphatic hydroxyl groups excluding tert-OH is 1. The van der Waals surface area contributed by atoms with Crippen molar-refractivity contribution in [2.75, 3.05) is 37.6 Å². The van der Waals surface area contributed by atoms with Crippen LogP contribution in [0.15, 0.2) is 71.4 Å². The molecule has 0 saturated carbocycles. The standard InChI is InChI=1S/C46H54N10O5/c1-28(7-16-40(59)48-27-58)37-15-11-35(49-29(37)2)17-18-55-19-21-56(22-20-55)36-12-8-31(9-13-36)33-24-39-41(52-53-42(39)47-25-33)32-10-14-38(34(23-32)26-57)30(3)50-44(60)43-51-45(61-54-43)46(4,5)6/h8-15,23-25,27-28,30,57H,7,16-22,26H2,1-6H3,(H,50,60)(H,47,52,53)(H,48,58,59)/t28?,30-/m1/s1. The highest BCUT2D eigenvalue weighted by atomic mass is 16.5. The number of carbonyl (C=O) groups is 3. The van der Waals surface area contributed by atoms with E-state index < -0.39 is 11.9 Å². The zero-order valence-corrected chi connectivity index (χ0v) is 35.7. The van der Waals surface area contributed by atoms with Crippen LogP contribution in [0.4, 0.5) is 5.69 Å². The number of pyridine rings is 2. The number of rotatable bonds is 15. The Balaban J connectivity index is 0.947. The molecule has 1 aliphatic heterocycles. The Bertz CT molecular complexity index is 2500. The van der Waals surface area contributed by atoms with Crippen LogP contribution >= 0.6 is 0 Å². The van der Waals surface area contributed by atoms with Crippen molar-refractivity contribution in [2.45, 2.75) is 84.8 Å². The number of aryl methyl sites for hydroxylation is 1. The van der Waals surface area contributed by atoms with Crippen molar-refractivity contribution < 1.29 is 24.0 Å². The van der Waals surface area contributed by atoms with E-state index in [1.807, 2.05) is 59.0 Å². The number of fused-ring (bicyclic) bond motifs is 1. The SMILES string of the molecule is Cc1nc(CCN2CCN(c3ccc(-c4cnc5[nH]nc(-c6ccc([C@@H](C)NC(=O)c7noc(C(C)(C)C)n7)c(CO)c6)c5c4)cc3)CC2)ccc1C(C)CCC(=O)NC=O. The van der Waals surface area contributed by atoms with Crippen LogP contribution in [0.3, 0.4) is 0 Å². The van der Waals surface area contributed by atoms with E-state index in [2.05, 4.69) is 95.1 Å². The lowest BCUT2D eigenvalue weighted by atomic mass is 9.94. The van der Waals surface area contributed by atoms with Crippen molar-refractivity contribution in [1.82, 2.24) is 45.8 Å². The Kier molecular flexibility index (Phi) is 13.0. The molecule has 2 atom stereocenters. The van der Waals surface area contributed by atoms with Crippen molar-refractivity contribution in [3.63, 3.8) is 0 Å². The van der Waals surface area contributed by atoms with Gasteiger partial charge in [-0.3, -0.25) is 34.7 Å². The van der Waals surface area contributed by atoms with E-state index in [9.17, 15) is 19.5 Å². The van der Waals surface area contributed by atoms with E-state index in [4.69, 9.17) is 9.51 Å². The minimum atomic E-state index is -0.461. The van der Waals surface area contributed by atoms with Crippen LogP contribution in [0, 0.1) is 6.92 Å². The first-order chi connectivity index (χ1) is 29.3. The summed E-state index contributed by atoms with van der Waals surface area (Å²) in [7, 11) is 0. The number of hydrogen-bond acceptors (Lipinski definition) is 12. The molecule has 7 rings (SSSR count). The number of aromatic amines is 1. The Hall–Kier alpha value is -6.32. The van der Waals surface area contributed by atoms with E-state index in [0.29, 0.717) is 42.0 Å². The molecule has 318 valence electrons. The number of aromatic nitrogens is 6. The number of aliphatic hydroxyl groups is 1. The van der Waals surface area contributed by atoms with Crippen molar-refractivity contribution in [2.24, 2.45) is 0 Å². The molecule has 5 heterocycles. The number of H-pyrrole nitrogens is 1. The predicted molar refractivity (Wildman–Crippen MR) is 233 cm³/mol. The van der Waals surface area contributed by atoms with Crippen LogP contribution in [0.5, 0.6) is 0 Å². The minimum absolute atomic E-state index is 0.0375. The smallest absolute Gasteiger partial charge is 0.293 e. The molecule has 1 unspecified atom stereocenters. The third-order valence-corrected chi connectivity index (χ3v) is 11.4. The lowest BCUT2D eigenvalue weighted by molar-refractivity contribution is -0.125. The molecule has 0 aliphatic carbocycles. The molecule has 0 spiro atoms. The predicted octanol–water partition coefficient (Wildman–Crippen LogP) is 6.18. The highest BCUT2D eigenvalue weighted by Gasteiger charge is 2.26. The summed E-state index contributed by atoms with van der Waals surface area (Å²) in [4.78, 5) is 53.9. The molecule has 1 saturated heterocycles. The highest BCUT2D eigenvalue weighted by Crippen LogP contribution is 2.33. The molecule has 0 bridgehead atoms. The lowest BCUT2D eigenvalue weighted by Gasteiger charge is -2.36. The molecule has 4 N–H and O–H groups in total. The summed E-state index contributed by atoms with van der Waals surface area (Å²) in [6.07, 6.45) is 4.12. The first-order valence-electron chi connectivity index (χ1n) is 20.8. The monoisotopic (exact) mass is 826 g/mol. The molecular formula is C46H54N10O5. The van der Waals surface area contributed by atoms with Gasteiger partial charge in [0.05, 0.1) is 12.6 Å². The highest BCUT2D eigenvalue weighted by molar-refractivity contribution is 5.94. The number of imide groups is 1. The van der Waals surface area contributed by atoms with Gasteiger partial charge in [0.15, 0.2) is 5.65 Å². The number of anilines is 1. The summed E-state index contributed by atoms with van der Waals surface area (Å²) < 4.78 is 5.29. The van der Waals surface area contributed by atoms with Gasteiger partial charge in [-0.25, -0.2) is 4.98 Å². The Morgan fingerprint density at radius 2 is 1.69 bits per heavy atom. The van der Waals surface area contributed by atoms with Crippen molar-refractivity contribution >= 4 is 34.9 Å². The minimum Gasteiger partial charge on any atom is -0.392 e. The molecule has 1 fully saturated rings. The first-order valence-corrected chi connectivity index (χ1v) is 20.8. The average molecular weight is 827 g/mol. The first kappa shape index (κ1) is 42.8.